The Labute approximate surface area is 226 Å². The summed E-state index contributed by atoms with van der Waals surface area (Å²) in [5.41, 5.74) is 3.87. The number of carbonyl (C=O) groups is 2. The normalized spacial score (nSPS) is 20.5. The molecule has 7 nitrogen and oxygen atoms in total. The van der Waals surface area contributed by atoms with Gasteiger partial charge in [0.1, 0.15) is 11.4 Å². The third-order valence-electron chi connectivity index (χ3n) is 8.11. The number of hydrogen-bond acceptors (Lipinski definition) is 5. The molecule has 204 valence electrons. The van der Waals surface area contributed by atoms with Crippen LogP contribution in [0.2, 0.25) is 0 Å². The lowest BCUT2D eigenvalue weighted by Gasteiger charge is -2.38. The number of nitrogens with zero attached hydrogens (tertiary/aromatic N) is 3. The second kappa shape index (κ2) is 10.3. The van der Waals surface area contributed by atoms with Crippen LogP contribution < -0.4 is 4.74 Å². The quantitative estimate of drug-likeness (QED) is 0.564. The fourth-order valence-corrected chi connectivity index (χ4v) is 5.69. The summed E-state index contributed by atoms with van der Waals surface area (Å²) in [7, 11) is 4.15. The number of hydrogen-bond donors (Lipinski definition) is 0. The van der Waals surface area contributed by atoms with Gasteiger partial charge in [-0.3, -0.25) is 4.79 Å². The van der Waals surface area contributed by atoms with Crippen molar-refractivity contribution in [3.05, 3.63) is 53.6 Å². The Morgan fingerprint density at radius 1 is 1.00 bits per heavy atom. The zero-order valence-electron chi connectivity index (χ0n) is 23.5. The Morgan fingerprint density at radius 2 is 1.68 bits per heavy atom. The maximum atomic E-state index is 13.0. The molecule has 5 rings (SSSR count). The molecule has 3 aliphatic rings. The van der Waals surface area contributed by atoms with Gasteiger partial charge in [0.05, 0.1) is 6.61 Å². The van der Waals surface area contributed by atoms with Crippen molar-refractivity contribution in [1.82, 2.24) is 14.7 Å². The first kappa shape index (κ1) is 26.5. The molecule has 0 saturated carbocycles. The van der Waals surface area contributed by atoms with E-state index in [4.69, 9.17) is 9.47 Å². The van der Waals surface area contributed by atoms with Crippen LogP contribution in [0.25, 0.3) is 11.1 Å². The molecule has 0 bridgehead atoms. The molecule has 2 aromatic carbocycles. The average molecular weight is 520 g/mol. The summed E-state index contributed by atoms with van der Waals surface area (Å²) in [5, 5.41) is 0. The lowest BCUT2D eigenvalue weighted by atomic mass is 9.86. The van der Waals surface area contributed by atoms with Gasteiger partial charge in [0.25, 0.3) is 5.91 Å². The summed E-state index contributed by atoms with van der Waals surface area (Å²) >= 11 is 0. The summed E-state index contributed by atoms with van der Waals surface area (Å²) in [4.78, 5) is 31.4. The molecule has 2 fully saturated rings. The van der Waals surface area contributed by atoms with Crippen molar-refractivity contribution in [1.29, 1.82) is 0 Å². The van der Waals surface area contributed by atoms with Gasteiger partial charge in [-0.25, -0.2) is 4.79 Å². The van der Waals surface area contributed by atoms with Crippen molar-refractivity contribution >= 4 is 12.0 Å². The monoisotopic (exact) mass is 519 g/mol. The van der Waals surface area contributed by atoms with Gasteiger partial charge >= 0.3 is 6.09 Å². The predicted octanol–water partition coefficient (Wildman–Crippen LogP) is 5.08. The van der Waals surface area contributed by atoms with E-state index in [1.165, 1.54) is 5.56 Å². The average Bonchev–Trinajstić information content (AvgIpc) is 3.52. The van der Waals surface area contributed by atoms with Gasteiger partial charge in [0.15, 0.2) is 0 Å². The Hall–Kier alpha value is -3.06. The van der Waals surface area contributed by atoms with Crippen molar-refractivity contribution < 1.29 is 19.1 Å². The van der Waals surface area contributed by atoms with Gasteiger partial charge in [0, 0.05) is 57.0 Å². The third-order valence-corrected chi connectivity index (χ3v) is 8.11. The topological polar surface area (TPSA) is 62.3 Å². The fraction of sp³-hybridized carbons (Fsp3) is 0.548. The number of amides is 2. The first-order valence-corrected chi connectivity index (χ1v) is 13.8. The van der Waals surface area contributed by atoms with Gasteiger partial charge in [-0.1, -0.05) is 39.0 Å². The van der Waals surface area contributed by atoms with E-state index < -0.39 is 0 Å². The molecular weight excluding hydrogens is 478 g/mol. The Morgan fingerprint density at radius 3 is 2.32 bits per heavy atom. The van der Waals surface area contributed by atoms with Crippen LogP contribution in [0.15, 0.2) is 42.5 Å². The molecule has 3 aliphatic heterocycles. The van der Waals surface area contributed by atoms with Gasteiger partial charge < -0.3 is 24.2 Å². The lowest BCUT2D eigenvalue weighted by molar-refractivity contribution is 0.00955. The largest absolute Gasteiger partial charge is 0.487 e. The minimum absolute atomic E-state index is 0.0418. The summed E-state index contributed by atoms with van der Waals surface area (Å²) in [5.74, 6) is 1.05. The first-order chi connectivity index (χ1) is 18.0. The van der Waals surface area contributed by atoms with Crippen LogP contribution in [-0.2, 0) is 11.2 Å². The SMILES string of the molecule is CN(C)C1CCN(C(=O)c2ccc(-c3ccc4c(c3)CC3(CCN(C(=O)OCC(C)(C)C)CC3)O4)cc2)C1. The fourth-order valence-electron chi connectivity index (χ4n) is 5.69. The zero-order chi connectivity index (χ0) is 27.1. The molecule has 0 aliphatic carbocycles. The molecule has 7 heteroatoms. The number of piperidine rings is 1. The minimum Gasteiger partial charge on any atom is -0.487 e. The summed E-state index contributed by atoms with van der Waals surface area (Å²) in [6.45, 7) is 9.49. The molecule has 2 amide bonds. The second-order valence-electron chi connectivity index (χ2n) is 12.6. The van der Waals surface area contributed by atoms with E-state index in [0.717, 1.165) is 61.2 Å². The van der Waals surface area contributed by atoms with Crippen LogP contribution in [0.1, 0.15) is 56.0 Å². The van der Waals surface area contributed by atoms with Gasteiger partial charge in [-0.2, -0.15) is 0 Å². The van der Waals surface area contributed by atoms with Crippen molar-refractivity contribution in [2.75, 3.05) is 46.9 Å². The highest BCUT2D eigenvalue weighted by molar-refractivity contribution is 5.95. The summed E-state index contributed by atoms with van der Waals surface area (Å²) in [6, 6.07) is 14.8. The van der Waals surface area contributed by atoms with E-state index in [1.54, 1.807) is 4.90 Å². The number of likely N-dealkylation sites (tertiary alicyclic amines) is 2. The van der Waals surface area contributed by atoms with Crippen molar-refractivity contribution in [2.45, 2.75) is 58.1 Å². The molecular formula is C31H41N3O4. The van der Waals surface area contributed by atoms with Crippen molar-refractivity contribution in [2.24, 2.45) is 5.41 Å². The van der Waals surface area contributed by atoms with E-state index >= 15 is 0 Å². The maximum Gasteiger partial charge on any atom is 0.409 e. The zero-order valence-corrected chi connectivity index (χ0v) is 23.5. The highest BCUT2D eigenvalue weighted by Crippen LogP contribution is 2.42. The Kier molecular flexibility index (Phi) is 7.16. The molecule has 1 atom stereocenters. The summed E-state index contributed by atoms with van der Waals surface area (Å²) in [6.07, 6.45) is 3.23. The molecule has 0 N–H and O–H groups in total. The van der Waals surface area contributed by atoms with Crippen LogP contribution >= 0.6 is 0 Å². The standard InChI is InChI=1S/C31H41N3O4/c1-30(2,3)21-37-29(36)33-16-13-31(14-17-33)19-25-18-24(10-11-27(25)38-31)22-6-8-23(9-7-22)28(35)34-15-12-26(20-34)32(4)5/h6-11,18,26H,12-17,19-21H2,1-5H3. The van der Waals surface area contributed by atoms with Gasteiger partial charge in [-0.05, 0) is 66.9 Å². The smallest absolute Gasteiger partial charge is 0.409 e. The van der Waals surface area contributed by atoms with E-state index in [2.05, 4.69) is 58.0 Å². The molecule has 38 heavy (non-hydrogen) atoms. The van der Waals surface area contributed by atoms with Crippen LogP contribution in [-0.4, -0.2) is 85.2 Å². The maximum absolute atomic E-state index is 13.0. The third kappa shape index (κ3) is 5.68. The number of likely N-dealkylation sites (N-methyl/N-ethyl adjacent to an activating group) is 1. The van der Waals surface area contributed by atoms with E-state index in [9.17, 15) is 9.59 Å². The van der Waals surface area contributed by atoms with E-state index in [-0.39, 0.29) is 23.0 Å². The van der Waals surface area contributed by atoms with Gasteiger partial charge in [0.2, 0.25) is 0 Å². The van der Waals surface area contributed by atoms with Crippen molar-refractivity contribution in [3.8, 4) is 16.9 Å². The molecule has 0 radical (unpaired) electrons. The summed E-state index contributed by atoms with van der Waals surface area (Å²) < 4.78 is 12.0. The second-order valence-corrected chi connectivity index (χ2v) is 12.6. The van der Waals surface area contributed by atoms with Crippen molar-refractivity contribution in [3.63, 3.8) is 0 Å². The minimum atomic E-state index is -0.252. The Bertz CT molecular complexity index is 1180. The molecule has 3 heterocycles. The molecule has 2 aromatic rings. The van der Waals surface area contributed by atoms with E-state index in [1.807, 2.05) is 29.2 Å². The number of rotatable bonds is 4. The molecule has 0 aromatic heterocycles. The number of carbonyl (C=O) groups excluding carboxylic acids is 2. The molecule has 1 spiro atoms. The van der Waals surface area contributed by atoms with E-state index in [0.29, 0.717) is 25.7 Å². The van der Waals surface area contributed by atoms with Crippen LogP contribution in [0.5, 0.6) is 5.75 Å². The highest BCUT2D eigenvalue weighted by Gasteiger charge is 2.43. The number of ether oxygens (including phenoxy) is 2. The molecule has 2 saturated heterocycles. The lowest BCUT2D eigenvalue weighted by Crippen LogP contribution is -2.49. The number of fused-ring (bicyclic) bond motifs is 1. The number of benzene rings is 2. The van der Waals surface area contributed by atoms with Crippen LogP contribution in [0, 0.1) is 5.41 Å². The first-order valence-electron chi connectivity index (χ1n) is 13.8. The Balaban J connectivity index is 1.19. The van der Waals surface area contributed by atoms with Gasteiger partial charge in [-0.15, -0.1) is 0 Å². The van der Waals surface area contributed by atoms with Crippen LogP contribution in [0.3, 0.4) is 0 Å². The molecule has 1 unspecified atom stereocenters. The van der Waals surface area contributed by atoms with Crippen LogP contribution in [0.4, 0.5) is 4.79 Å². The predicted molar refractivity (Wildman–Crippen MR) is 149 cm³/mol. The highest BCUT2D eigenvalue weighted by atomic mass is 16.6.